The van der Waals surface area contributed by atoms with Gasteiger partial charge in [-0.05, 0) is 25.1 Å². The summed E-state index contributed by atoms with van der Waals surface area (Å²) in [5.41, 5.74) is 0. The van der Waals surface area contributed by atoms with Crippen LogP contribution < -0.4 is 10.6 Å². The van der Waals surface area contributed by atoms with Crippen LogP contribution in [0.4, 0.5) is 0 Å². The molecule has 1 saturated carbocycles. The molecule has 0 bridgehead atoms. The molecule has 1 rings (SSSR count). The molecule has 1 fully saturated rings. The highest BCUT2D eigenvalue weighted by molar-refractivity contribution is 7.80. The molecule has 0 saturated heterocycles. The lowest BCUT2D eigenvalue weighted by Crippen LogP contribution is -2.41. The first-order valence-corrected chi connectivity index (χ1v) is 6.25. The predicted octanol–water partition coefficient (Wildman–Crippen LogP) is 0.871. The Hall–Kier alpha value is -0.840. The summed E-state index contributed by atoms with van der Waals surface area (Å²) in [6.07, 6.45) is 5.48. The van der Waals surface area contributed by atoms with E-state index < -0.39 is 0 Å². The number of carbonyl (C=O) groups excluding carboxylic acids is 1. The maximum atomic E-state index is 11.3. The summed E-state index contributed by atoms with van der Waals surface area (Å²) in [7, 11) is 3.52. The van der Waals surface area contributed by atoms with Gasteiger partial charge in [-0.1, -0.05) is 12.8 Å². The molecule has 0 spiro atoms. The zero-order valence-corrected chi connectivity index (χ0v) is 10.9. The second-order valence-electron chi connectivity index (χ2n) is 4.42. The Kier molecular flexibility index (Phi) is 5.52. The van der Waals surface area contributed by atoms with Crippen molar-refractivity contribution in [2.75, 3.05) is 20.6 Å². The van der Waals surface area contributed by atoms with Gasteiger partial charge in [0.2, 0.25) is 5.91 Å². The van der Waals surface area contributed by atoms with Gasteiger partial charge in [-0.15, -0.1) is 0 Å². The van der Waals surface area contributed by atoms with Crippen LogP contribution in [0.2, 0.25) is 0 Å². The van der Waals surface area contributed by atoms with Crippen LogP contribution in [0.15, 0.2) is 0 Å². The molecule has 92 valence electrons. The minimum absolute atomic E-state index is 0.121. The summed E-state index contributed by atoms with van der Waals surface area (Å²) < 4.78 is 0. The molecule has 0 aromatic heterocycles. The third kappa shape index (κ3) is 4.79. The van der Waals surface area contributed by atoms with Gasteiger partial charge in [0.15, 0.2) is 5.11 Å². The van der Waals surface area contributed by atoms with E-state index in [0.29, 0.717) is 24.1 Å². The fourth-order valence-electron chi connectivity index (χ4n) is 1.81. The average molecular weight is 243 g/mol. The topological polar surface area (TPSA) is 44.4 Å². The number of rotatable bonds is 4. The molecule has 0 aliphatic heterocycles. The molecule has 1 aliphatic rings. The van der Waals surface area contributed by atoms with Crippen molar-refractivity contribution in [1.82, 2.24) is 15.5 Å². The first kappa shape index (κ1) is 13.2. The molecule has 1 aliphatic carbocycles. The molecule has 0 unspecified atom stereocenters. The van der Waals surface area contributed by atoms with E-state index in [1.807, 2.05) is 0 Å². The van der Waals surface area contributed by atoms with E-state index in [9.17, 15) is 4.79 Å². The fraction of sp³-hybridized carbons (Fsp3) is 0.818. The minimum Gasteiger partial charge on any atom is -0.362 e. The van der Waals surface area contributed by atoms with Gasteiger partial charge >= 0.3 is 0 Å². The van der Waals surface area contributed by atoms with Crippen molar-refractivity contribution in [3.05, 3.63) is 0 Å². The highest BCUT2D eigenvalue weighted by atomic mass is 32.1. The Bertz CT molecular complexity index is 250. The Morgan fingerprint density at radius 2 is 2.00 bits per heavy atom. The molecule has 0 aromatic rings. The fourth-order valence-corrected chi connectivity index (χ4v) is 2.08. The molecule has 2 N–H and O–H groups in total. The monoisotopic (exact) mass is 243 g/mol. The van der Waals surface area contributed by atoms with Crippen LogP contribution in [-0.4, -0.2) is 42.6 Å². The number of nitrogens with zero attached hydrogens (tertiary/aromatic N) is 1. The van der Waals surface area contributed by atoms with E-state index in [1.165, 1.54) is 25.7 Å². The second-order valence-corrected chi connectivity index (χ2v) is 4.83. The van der Waals surface area contributed by atoms with Crippen LogP contribution in [0.3, 0.4) is 0 Å². The Labute approximate surface area is 103 Å². The number of carbonyl (C=O) groups is 1. The minimum atomic E-state index is 0.121. The van der Waals surface area contributed by atoms with Crippen LogP contribution in [0, 0.1) is 0 Å². The third-order valence-electron chi connectivity index (χ3n) is 2.81. The van der Waals surface area contributed by atoms with Gasteiger partial charge in [-0.25, -0.2) is 0 Å². The second kappa shape index (κ2) is 6.68. The number of nitrogens with one attached hydrogen (secondary N) is 2. The van der Waals surface area contributed by atoms with Crippen LogP contribution in [0.5, 0.6) is 0 Å². The van der Waals surface area contributed by atoms with Crippen molar-refractivity contribution in [2.24, 2.45) is 0 Å². The van der Waals surface area contributed by atoms with Crippen LogP contribution in [-0.2, 0) is 4.79 Å². The first-order valence-electron chi connectivity index (χ1n) is 5.84. The Balaban J connectivity index is 2.08. The predicted molar refractivity (Wildman–Crippen MR) is 69.3 cm³/mol. The van der Waals surface area contributed by atoms with Gasteiger partial charge in [0.05, 0.1) is 0 Å². The SMILES string of the molecule is CN(C)C(=O)CCNC(=S)NC1CCCC1. The van der Waals surface area contributed by atoms with Crippen molar-refractivity contribution in [3.63, 3.8) is 0 Å². The zero-order chi connectivity index (χ0) is 12.0. The van der Waals surface area contributed by atoms with Crippen LogP contribution >= 0.6 is 12.2 Å². The summed E-state index contributed by atoms with van der Waals surface area (Å²) in [6, 6.07) is 0.532. The van der Waals surface area contributed by atoms with Crippen molar-refractivity contribution >= 4 is 23.2 Å². The quantitative estimate of drug-likeness (QED) is 0.719. The van der Waals surface area contributed by atoms with Gasteiger partial charge in [-0.3, -0.25) is 4.79 Å². The van der Waals surface area contributed by atoms with E-state index in [2.05, 4.69) is 10.6 Å². The molecule has 0 atom stereocenters. The van der Waals surface area contributed by atoms with Gasteiger partial charge in [0, 0.05) is 33.1 Å². The summed E-state index contributed by atoms with van der Waals surface area (Å²) >= 11 is 5.16. The van der Waals surface area contributed by atoms with Crippen molar-refractivity contribution in [1.29, 1.82) is 0 Å². The largest absolute Gasteiger partial charge is 0.362 e. The molecular formula is C11H21N3OS. The smallest absolute Gasteiger partial charge is 0.223 e. The van der Waals surface area contributed by atoms with Crippen LogP contribution in [0.25, 0.3) is 0 Å². The molecule has 1 amide bonds. The standard InChI is InChI=1S/C11H21N3OS/c1-14(2)10(15)7-8-12-11(16)13-9-5-3-4-6-9/h9H,3-8H2,1-2H3,(H2,12,13,16). The van der Waals surface area contributed by atoms with Gasteiger partial charge < -0.3 is 15.5 Å². The van der Waals surface area contributed by atoms with E-state index in [1.54, 1.807) is 19.0 Å². The van der Waals surface area contributed by atoms with Gasteiger partial charge in [-0.2, -0.15) is 0 Å². The molecule has 0 radical (unpaired) electrons. The van der Waals surface area contributed by atoms with Crippen molar-refractivity contribution < 1.29 is 4.79 Å². The maximum absolute atomic E-state index is 11.3. The maximum Gasteiger partial charge on any atom is 0.223 e. The molecule has 16 heavy (non-hydrogen) atoms. The van der Waals surface area contributed by atoms with E-state index in [0.717, 1.165) is 0 Å². The number of thiocarbonyl (C=S) groups is 1. The molecule has 0 aromatic carbocycles. The first-order chi connectivity index (χ1) is 7.59. The molecular weight excluding hydrogens is 222 g/mol. The van der Waals surface area contributed by atoms with E-state index >= 15 is 0 Å². The molecule has 5 heteroatoms. The third-order valence-corrected chi connectivity index (χ3v) is 3.08. The highest BCUT2D eigenvalue weighted by Gasteiger charge is 2.15. The Morgan fingerprint density at radius 1 is 1.38 bits per heavy atom. The van der Waals surface area contributed by atoms with E-state index in [4.69, 9.17) is 12.2 Å². The Morgan fingerprint density at radius 3 is 2.56 bits per heavy atom. The summed E-state index contributed by atoms with van der Waals surface area (Å²) in [5.74, 6) is 0.121. The highest BCUT2D eigenvalue weighted by Crippen LogP contribution is 2.17. The van der Waals surface area contributed by atoms with Crippen LogP contribution in [0.1, 0.15) is 32.1 Å². The van der Waals surface area contributed by atoms with Gasteiger partial charge in [0.25, 0.3) is 0 Å². The average Bonchev–Trinajstić information content (AvgIpc) is 2.70. The zero-order valence-electron chi connectivity index (χ0n) is 10.1. The lowest BCUT2D eigenvalue weighted by Gasteiger charge is -2.16. The van der Waals surface area contributed by atoms with Gasteiger partial charge in [0.1, 0.15) is 0 Å². The molecule has 0 heterocycles. The molecule has 4 nitrogen and oxygen atoms in total. The summed E-state index contributed by atoms with van der Waals surface area (Å²) in [6.45, 7) is 0.607. The van der Waals surface area contributed by atoms with Crippen molar-refractivity contribution in [2.45, 2.75) is 38.1 Å². The lowest BCUT2D eigenvalue weighted by molar-refractivity contribution is -0.128. The summed E-state index contributed by atoms with van der Waals surface area (Å²) in [4.78, 5) is 12.9. The number of hydrogen-bond acceptors (Lipinski definition) is 2. The number of amides is 1. The summed E-state index contributed by atoms with van der Waals surface area (Å²) in [5, 5.41) is 7.02. The normalized spacial score (nSPS) is 15.9. The van der Waals surface area contributed by atoms with E-state index in [-0.39, 0.29) is 5.91 Å². The van der Waals surface area contributed by atoms with Crippen molar-refractivity contribution in [3.8, 4) is 0 Å². The number of hydrogen-bond donors (Lipinski definition) is 2. The lowest BCUT2D eigenvalue weighted by atomic mass is 10.3.